The number of carbonyl (C=O) groups is 3. The molecule has 2 fully saturated rings. The van der Waals surface area contributed by atoms with E-state index in [0.29, 0.717) is 59.1 Å². The lowest BCUT2D eigenvalue weighted by atomic mass is 9.84. The number of hydrogen-bond donors (Lipinski definition) is 2. The predicted molar refractivity (Wildman–Crippen MR) is 135 cm³/mol. The summed E-state index contributed by atoms with van der Waals surface area (Å²) in [6.07, 6.45) is 4.41. The van der Waals surface area contributed by atoms with Crippen molar-refractivity contribution in [1.29, 1.82) is 0 Å². The Bertz CT molecular complexity index is 1300. The van der Waals surface area contributed by atoms with Crippen LogP contribution in [0.5, 0.6) is 0 Å². The second-order valence-corrected chi connectivity index (χ2v) is 9.61. The number of rotatable bonds is 5. The number of fused-ring (bicyclic) bond motifs is 1. The maximum atomic E-state index is 13.3. The molecule has 3 aromatic rings. The van der Waals surface area contributed by atoms with Gasteiger partial charge in [0.15, 0.2) is 0 Å². The summed E-state index contributed by atoms with van der Waals surface area (Å²) in [5.74, 6) is -0.868. The van der Waals surface area contributed by atoms with Crippen LogP contribution < -0.4 is 10.6 Å². The number of amides is 3. The number of carbonyl (C=O) groups excluding carboxylic acids is 3. The topological polar surface area (TPSA) is 114 Å². The average Bonchev–Trinajstić information content (AvgIpc) is 3.25. The highest BCUT2D eigenvalue weighted by Gasteiger charge is 2.34. The number of benzene rings is 1. The van der Waals surface area contributed by atoms with Crippen LogP contribution in [0.4, 0.5) is 11.4 Å². The highest BCUT2D eigenvalue weighted by atomic mass is 35.5. The molecule has 2 N–H and O–H groups in total. The molecule has 36 heavy (non-hydrogen) atoms. The van der Waals surface area contributed by atoms with Gasteiger partial charge in [-0.3, -0.25) is 19.4 Å². The summed E-state index contributed by atoms with van der Waals surface area (Å²) >= 11 is 5.94. The molecular formula is C26H27ClN4O5. The van der Waals surface area contributed by atoms with Gasteiger partial charge in [-0.1, -0.05) is 11.6 Å². The second-order valence-electron chi connectivity index (χ2n) is 9.17. The van der Waals surface area contributed by atoms with Gasteiger partial charge in [0.05, 0.1) is 17.7 Å². The molecular weight excluding hydrogens is 484 g/mol. The maximum Gasteiger partial charge on any atom is 0.293 e. The molecule has 188 valence electrons. The van der Waals surface area contributed by atoms with Gasteiger partial charge in [0.1, 0.15) is 17.9 Å². The number of nitrogens with one attached hydrogen (secondary N) is 2. The summed E-state index contributed by atoms with van der Waals surface area (Å²) in [4.78, 5) is 44.9. The third kappa shape index (κ3) is 4.94. The summed E-state index contributed by atoms with van der Waals surface area (Å²) in [5, 5.41) is 6.91. The summed E-state index contributed by atoms with van der Waals surface area (Å²) in [6.45, 7) is 3.08. The standard InChI is InChI=1S/C26H27ClN4O5/c1-15-22-20(10-11-28-15)36-24(26(34)29-18-6-4-17(27)5-7-18)23(22)30-25(33)16-2-8-19(9-3-16)31-12-13-35-14-21(31)32/h4-7,10-11,16,19H,2-3,8-9,12-14H2,1H3,(H,29,34)(H,30,33). The molecule has 1 aliphatic heterocycles. The minimum atomic E-state index is -0.488. The first-order chi connectivity index (χ1) is 17.4. The zero-order chi connectivity index (χ0) is 25.2. The van der Waals surface area contributed by atoms with E-state index in [-0.39, 0.29) is 36.1 Å². The van der Waals surface area contributed by atoms with Gasteiger partial charge in [-0.05, 0) is 62.9 Å². The zero-order valence-corrected chi connectivity index (χ0v) is 20.6. The molecule has 10 heteroatoms. The number of aromatic nitrogens is 1. The number of halogens is 1. The highest BCUT2D eigenvalue weighted by molar-refractivity contribution is 6.30. The van der Waals surface area contributed by atoms with Gasteiger partial charge < -0.3 is 24.7 Å². The van der Waals surface area contributed by atoms with Crippen LogP contribution in [0, 0.1) is 12.8 Å². The number of hydrogen-bond acceptors (Lipinski definition) is 6. The van der Waals surface area contributed by atoms with Gasteiger partial charge in [-0.25, -0.2) is 0 Å². The Kier molecular flexibility index (Phi) is 6.93. The Morgan fingerprint density at radius 2 is 1.83 bits per heavy atom. The van der Waals surface area contributed by atoms with Gasteiger partial charge in [0.25, 0.3) is 5.91 Å². The molecule has 1 saturated carbocycles. The fourth-order valence-electron chi connectivity index (χ4n) is 5.00. The molecule has 0 spiro atoms. The lowest BCUT2D eigenvalue weighted by molar-refractivity contribution is -0.146. The summed E-state index contributed by atoms with van der Waals surface area (Å²) in [6, 6.07) is 8.52. The van der Waals surface area contributed by atoms with Crippen LogP contribution in [0.2, 0.25) is 5.02 Å². The van der Waals surface area contributed by atoms with Gasteiger partial charge in [0.2, 0.25) is 17.6 Å². The van der Waals surface area contributed by atoms with Crippen molar-refractivity contribution in [3.63, 3.8) is 0 Å². The highest BCUT2D eigenvalue weighted by Crippen LogP contribution is 2.35. The van der Waals surface area contributed by atoms with Crippen molar-refractivity contribution >= 4 is 51.7 Å². The molecule has 0 atom stereocenters. The summed E-state index contributed by atoms with van der Waals surface area (Å²) in [5.41, 5.74) is 1.98. The predicted octanol–water partition coefficient (Wildman–Crippen LogP) is 4.40. The molecule has 3 heterocycles. The van der Waals surface area contributed by atoms with E-state index in [1.54, 1.807) is 43.5 Å². The van der Waals surface area contributed by atoms with Gasteiger partial charge in [-0.2, -0.15) is 0 Å². The third-order valence-electron chi connectivity index (χ3n) is 6.88. The van der Waals surface area contributed by atoms with Crippen LogP contribution in [0.3, 0.4) is 0 Å². The molecule has 1 aliphatic carbocycles. The van der Waals surface area contributed by atoms with Crippen LogP contribution in [-0.4, -0.2) is 53.4 Å². The van der Waals surface area contributed by atoms with Crippen molar-refractivity contribution in [2.75, 3.05) is 30.4 Å². The number of ether oxygens (including phenoxy) is 1. The van der Waals surface area contributed by atoms with Crippen LogP contribution in [0.1, 0.15) is 41.9 Å². The SMILES string of the molecule is Cc1nccc2oc(C(=O)Nc3ccc(Cl)cc3)c(NC(=O)C3CCC(N4CCOCC4=O)CC3)c12. The van der Waals surface area contributed by atoms with Crippen LogP contribution in [0.25, 0.3) is 11.0 Å². The molecule has 2 aromatic heterocycles. The maximum absolute atomic E-state index is 13.3. The molecule has 5 rings (SSSR count). The van der Waals surface area contributed by atoms with Gasteiger partial charge in [0, 0.05) is 35.4 Å². The Labute approximate surface area is 213 Å². The monoisotopic (exact) mass is 510 g/mol. The van der Waals surface area contributed by atoms with Gasteiger partial charge in [-0.15, -0.1) is 0 Å². The van der Waals surface area contributed by atoms with E-state index in [0.717, 1.165) is 12.8 Å². The first-order valence-corrected chi connectivity index (χ1v) is 12.4. The molecule has 3 amide bonds. The van der Waals surface area contributed by atoms with E-state index in [1.807, 2.05) is 4.90 Å². The van der Waals surface area contributed by atoms with Crippen molar-refractivity contribution < 1.29 is 23.5 Å². The second kappa shape index (κ2) is 10.3. The van der Waals surface area contributed by atoms with Crippen molar-refractivity contribution in [3.05, 3.63) is 53.0 Å². The first-order valence-electron chi connectivity index (χ1n) is 12.0. The van der Waals surface area contributed by atoms with Gasteiger partial charge >= 0.3 is 0 Å². The van der Waals surface area contributed by atoms with E-state index < -0.39 is 5.91 Å². The smallest absolute Gasteiger partial charge is 0.293 e. The molecule has 2 aliphatic rings. The first kappa shape index (κ1) is 24.3. The van der Waals surface area contributed by atoms with E-state index in [2.05, 4.69) is 15.6 Å². The van der Waals surface area contributed by atoms with Crippen LogP contribution in [-0.2, 0) is 14.3 Å². The summed E-state index contributed by atoms with van der Waals surface area (Å²) in [7, 11) is 0. The number of pyridine rings is 1. The molecule has 0 unspecified atom stereocenters. The number of aryl methyl sites for hydroxylation is 1. The number of furan rings is 1. The Morgan fingerprint density at radius 3 is 2.56 bits per heavy atom. The fourth-order valence-corrected chi connectivity index (χ4v) is 5.12. The number of anilines is 2. The summed E-state index contributed by atoms with van der Waals surface area (Å²) < 4.78 is 11.1. The zero-order valence-electron chi connectivity index (χ0n) is 19.9. The number of nitrogens with zero attached hydrogens (tertiary/aromatic N) is 2. The lowest BCUT2D eigenvalue weighted by Gasteiger charge is -2.38. The Balaban J connectivity index is 1.33. The van der Waals surface area contributed by atoms with Crippen molar-refractivity contribution in [1.82, 2.24) is 9.88 Å². The van der Waals surface area contributed by atoms with E-state index in [1.165, 1.54) is 0 Å². The normalized spacial score (nSPS) is 20.4. The molecule has 9 nitrogen and oxygen atoms in total. The molecule has 1 saturated heterocycles. The minimum Gasteiger partial charge on any atom is -0.448 e. The Morgan fingerprint density at radius 1 is 1.08 bits per heavy atom. The van der Waals surface area contributed by atoms with Crippen molar-refractivity contribution in [2.45, 2.75) is 38.6 Å². The third-order valence-corrected chi connectivity index (χ3v) is 7.13. The fraction of sp³-hybridized carbons (Fsp3) is 0.385. The molecule has 1 aromatic carbocycles. The minimum absolute atomic E-state index is 0.0111. The average molecular weight is 511 g/mol. The molecule has 0 bridgehead atoms. The number of morpholine rings is 1. The largest absolute Gasteiger partial charge is 0.448 e. The van der Waals surface area contributed by atoms with Crippen LogP contribution in [0.15, 0.2) is 40.9 Å². The van der Waals surface area contributed by atoms with Crippen LogP contribution >= 0.6 is 11.6 Å². The Hall–Kier alpha value is -3.43. The van der Waals surface area contributed by atoms with E-state index in [4.69, 9.17) is 20.8 Å². The van der Waals surface area contributed by atoms with Crippen molar-refractivity contribution in [2.24, 2.45) is 5.92 Å². The van der Waals surface area contributed by atoms with E-state index in [9.17, 15) is 14.4 Å². The molecule has 0 radical (unpaired) electrons. The van der Waals surface area contributed by atoms with E-state index >= 15 is 0 Å². The quantitative estimate of drug-likeness (QED) is 0.526. The van der Waals surface area contributed by atoms with Crippen molar-refractivity contribution in [3.8, 4) is 0 Å². The lowest BCUT2D eigenvalue weighted by Crippen LogP contribution is -2.49.